The number of aromatic nitrogens is 2. The smallest absolute Gasteiger partial charge is 0.207 e. The van der Waals surface area contributed by atoms with Crippen LogP contribution in [0.4, 0.5) is 10.8 Å². The molecule has 1 heterocycles. The fraction of sp³-hybridized carbons (Fsp3) is 0.273. The highest BCUT2D eigenvalue weighted by atomic mass is 32.1. The van der Waals surface area contributed by atoms with E-state index in [0.29, 0.717) is 0 Å². The molecule has 78 valence electrons. The second-order valence-corrected chi connectivity index (χ2v) is 4.12. The van der Waals surface area contributed by atoms with E-state index in [0.717, 1.165) is 23.1 Å². The molecule has 1 aromatic heterocycles. The maximum absolute atomic E-state index is 4.35. The quantitative estimate of drug-likeness (QED) is 0.861. The van der Waals surface area contributed by atoms with E-state index in [9.17, 15) is 0 Å². The number of aryl methyl sites for hydroxylation is 2. The fourth-order valence-corrected chi connectivity index (χ4v) is 1.97. The molecule has 0 aliphatic rings. The van der Waals surface area contributed by atoms with Gasteiger partial charge >= 0.3 is 0 Å². The maximum atomic E-state index is 4.35. The molecule has 0 aliphatic heterocycles. The zero-order valence-electron chi connectivity index (χ0n) is 8.82. The number of anilines is 2. The van der Waals surface area contributed by atoms with Gasteiger partial charge in [0.2, 0.25) is 5.13 Å². The summed E-state index contributed by atoms with van der Waals surface area (Å²) in [6, 6.07) is 8.22. The highest BCUT2D eigenvalue weighted by molar-refractivity contribution is 7.09. The average Bonchev–Trinajstić information content (AvgIpc) is 2.65. The zero-order valence-corrected chi connectivity index (χ0v) is 9.64. The molecule has 4 heteroatoms. The first kappa shape index (κ1) is 10.1. The highest BCUT2D eigenvalue weighted by Crippen LogP contribution is 2.19. The van der Waals surface area contributed by atoms with Gasteiger partial charge in [-0.3, -0.25) is 0 Å². The summed E-state index contributed by atoms with van der Waals surface area (Å²) in [5.41, 5.74) is 2.30. The Balaban J connectivity index is 2.14. The fourth-order valence-electron chi connectivity index (χ4n) is 1.29. The van der Waals surface area contributed by atoms with Gasteiger partial charge in [-0.25, -0.2) is 4.98 Å². The van der Waals surface area contributed by atoms with E-state index in [2.05, 4.69) is 40.7 Å². The van der Waals surface area contributed by atoms with Crippen molar-refractivity contribution in [1.82, 2.24) is 9.36 Å². The standard InChI is InChI=1S/C11H13N3S/c1-3-10-13-11(15-14-10)12-9-6-4-5-8(2)7-9/h4-7H,3H2,1-2H3,(H,12,13,14). The van der Waals surface area contributed by atoms with Crippen LogP contribution in [0.3, 0.4) is 0 Å². The van der Waals surface area contributed by atoms with Gasteiger partial charge in [-0.2, -0.15) is 4.37 Å². The minimum Gasteiger partial charge on any atom is -0.330 e. The van der Waals surface area contributed by atoms with E-state index in [1.54, 1.807) is 0 Å². The lowest BCUT2D eigenvalue weighted by Gasteiger charge is -2.01. The van der Waals surface area contributed by atoms with Crippen LogP contribution in [0.2, 0.25) is 0 Å². The Morgan fingerprint density at radius 2 is 2.27 bits per heavy atom. The van der Waals surface area contributed by atoms with Gasteiger partial charge in [0.25, 0.3) is 0 Å². The van der Waals surface area contributed by atoms with Gasteiger partial charge in [0.15, 0.2) is 0 Å². The van der Waals surface area contributed by atoms with E-state index < -0.39 is 0 Å². The molecular formula is C11H13N3S. The predicted octanol–water partition coefficient (Wildman–Crippen LogP) is 3.15. The SMILES string of the molecule is CCc1nsc(Nc2cccc(C)c2)n1. The highest BCUT2D eigenvalue weighted by Gasteiger charge is 2.01. The van der Waals surface area contributed by atoms with Crippen molar-refractivity contribution in [2.75, 3.05) is 5.32 Å². The molecule has 0 amide bonds. The van der Waals surface area contributed by atoms with Crippen LogP contribution in [-0.2, 0) is 6.42 Å². The van der Waals surface area contributed by atoms with Gasteiger partial charge in [-0.1, -0.05) is 19.1 Å². The van der Waals surface area contributed by atoms with Gasteiger partial charge in [-0.05, 0) is 24.6 Å². The molecule has 0 aliphatic carbocycles. The van der Waals surface area contributed by atoms with Crippen LogP contribution in [0.25, 0.3) is 0 Å². The van der Waals surface area contributed by atoms with Crippen LogP contribution in [0.5, 0.6) is 0 Å². The number of nitrogens with zero attached hydrogens (tertiary/aromatic N) is 2. The third-order valence-electron chi connectivity index (χ3n) is 2.05. The van der Waals surface area contributed by atoms with Crippen LogP contribution in [0, 0.1) is 6.92 Å². The first-order valence-corrected chi connectivity index (χ1v) is 5.71. The Kier molecular flexibility index (Phi) is 2.97. The summed E-state index contributed by atoms with van der Waals surface area (Å²) in [5.74, 6) is 0.898. The van der Waals surface area contributed by atoms with Crippen molar-refractivity contribution in [2.45, 2.75) is 20.3 Å². The van der Waals surface area contributed by atoms with Gasteiger partial charge < -0.3 is 5.32 Å². The molecule has 0 spiro atoms. The van der Waals surface area contributed by atoms with Crippen molar-refractivity contribution in [3.8, 4) is 0 Å². The lowest BCUT2D eigenvalue weighted by Crippen LogP contribution is -1.90. The Morgan fingerprint density at radius 1 is 1.40 bits per heavy atom. The lowest BCUT2D eigenvalue weighted by molar-refractivity contribution is 1.00. The summed E-state index contributed by atoms with van der Waals surface area (Å²) in [6.45, 7) is 4.13. The van der Waals surface area contributed by atoms with E-state index in [4.69, 9.17) is 0 Å². The van der Waals surface area contributed by atoms with Gasteiger partial charge in [0.1, 0.15) is 5.82 Å². The Hall–Kier alpha value is -1.42. The largest absolute Gasteiger partial charge is 0.330 e. The molecule has 2 aromatic rings. The molecule has 1 aromatic carbocycles. The summed E-state index contributed by atoms with van der Waals surface area (Å²) >= 11 is 1.40. The summed E-state index contributed by atoms with van der Waals surface area (Å²) in [7, 11) is 0. The van der Waals surface area contributed by atoms with Crippen LogP contribution >= 0.6 is 11.5 Å². The number of hydrogen-bond acceptors (Lipinski definition) is 4. The summed E-state index contributed by atoms with van der Waals surface area (Å²) in [4.78, 5) is 4.35. The topological polar surface area (TPSA) is 37.8 Å². The molecule has 0 bridgehead atoms. The first-order chi connectivity index (χ1) is 7.28. The van der Waals surface area contributed by atoms with Crippen molar-refractivity contribution < 1.29 is 0 Å². The van der Waals surface area contributed by atoms with Crippen LogP contribution in [0.15, 0.2) is 24.3 Å². The van der Waals surface area contributed by atoms with E-state index >= 15 is 0 Å². The van der Waals surface area contributed by atoms with Crippen molar-refractivity contribution in [1.29, 1.82) is 0 Å². The molecular weight excluding hydrogens is 206 g/mol. The number of rotatable bonds is 3. The number of hydrogen-bond donors (Lipinski definition) is 1. The minimum atomic E-state index is 0.859. The van der Waals surface area contributed by atoms with Crippen LogP contribution < -0.4 is 5.32 Å². The zero-order chi connectivity index (χ0) is 10.7. The average molecular weight is 219 g/mol. The molecule has 0 fully saturated rings. The van der Waals surface area contributed by atoms with Gasteiger partial charge in [-0.15, -0.1) is 0 Å². The minimum absolute atomic E-state index is 0.859. The number of benzene rings is 1. The van der Waals surface area contributed by atoms with Crippen molar-refractivity contribution >= 4 is 22.4 Å². The van der Waals surface area contributed by atoms with Crippen molar-refractivity contribution in [3.63, 3.8) is 0 Å². The second kappa shape index (κ2) is 4.40. The van der Waals surface area contributed by atoms with Gasteiger partial charge in [0, 0.05) is 23.6 Å². The molecule has 1 N–H and O–H groups in total. The van der Waals surface area contributed by atoms with E-state index in [-0.39, 0.29) is 0 Å². The van der Waals surface area contributed by atoms with E-state index in [1.807, 2.05) is 12.1 Å². The summed E-state index contributed by atoms with van der Waals surface area (Å²) in [6.07, 6.45) is 0.881. The maximum Gasteiger partial charge on any atom is 0.207 e. The lowest BCUT2D eigenvalue weighted by atomic mass is 10.2. The molecule has 0 unspecified atom stereocenters. The molecule has 0 atom stereocenters. The third kappa shape index (κ3) is 2.53. The third-order valence-corrected chi connectivity index (χ3v) is 2.72. The Morgan fingerprint density at radius 3 is 2.93 bits per heavy atom. The summed E-state index contributed by atoms with van der Waals surface area (Å²) in [5, 5.41) is 4.10. The summed E-state index contributed by atoms with van der Waals surface area (Å²) < 4.78 is 4.22. The molecule has 3 nitrogen and oxygen atoms in total. The van der Waals surface area contributed by atoms with Crippen molar-refractivity contribution in [2.24, 2.45) is 0 Å². The van der Waals surface area contributed by atoms with E-state index in [1.165, 1.54) is 17.1 Å². The normalized spacial score (nSPS) is 10.3. The van der Waals surface area contributed by atoms with Crippen molar-refractivity contribution in [3.05, 3.63) is 35.7 Å². The molecule has 0 saturated carbocycles. The first-order valence-electron chi connectivity index (χ1n) is 4.94. The predicted molar refractivity (Wildman–Crippen MR) is 63.7 cm³/mol. The van der Waals surface area contributed by atoms with Crippen LogP contribution in [0.1, 0.15) is 18.3 Å². The Bertz CT molecular complexity index is 451. The molecule has 15 heavy (non-hydrogen) atoms. The molecule has 2 rings (SSSR count). The molecule has 0 saturated heterocycles. The number of nitrogens with one attached hydrogen (secondary N) is 1. The van der Waals surface area contributed by atoms with Crippen LogP contribution in [-0.4, -0.2) is 9.36 Å². The molecule has 0 radical (unpaired) electrons. The van der Waals surface area contributed by atoms with Gasteiger partial charge in [0.05, 0.1) is 0 Å². The second-order valence-electron chi connectivity index (χ2n) is 3.36. The monoisotopic (exact) mass is 219 g/mol. The Labute approximate surface area is 93.4 Å².